The molecular formula is C13H16FN3O2S. The summed E-state index contributed by atoms with van der Waals surface area (Å²) in [5.41, 5.74) is 0. The van der Waals surface area contributed by atoms with Crippen molar-refractivity contribution in [2.24, 2.45) is 0 Å². The van der Waals surface area contributed by atoms with E-state index in [2.05, 4.69) is 15.5 Å². The number of nitrogens with zero attached hydrogens (tertiary/aromatic N) is 2. The standard InChI is InChI=1S/C13H16FN3O2S/c1-18-6-5-15-8-13-16-12(17-19-13)9-20-11-4-2-3-10(14)7-11/h2-4,7,15H,5-6,8-9H2,1H3. The van der Waals surface area contributed by atoms with Gasteiger partial charge in [-0.25, -0.2) is 4.39 Å². The third-order valence-corrected chi connectivity index (χ3v) is 3.42. The summed E-state index contributed by atoms with van der Waals surface area (Å²) in [5.74, 6) is 1.44. The Labute approximate surface area is 120 Å². The van der Waals surface area contributed by atoms with Crippen LogP contribution in [-0.2, 0) is 17.0 Å². The molecule has 2 rings (SSSR count). The quantitative estimate of drug-likeness (QED) is 0.595. The Morgan fingerprint density at radius 3 is 3.15 bits per heavy atom. The fourth-order valence-corrected chi connectivity index (χ4v) is 2.28. The van der Waals surface area contributed by atoms with Gasteiger partial charge >= 0.3 is 0 Å². The van der Waals surface area contributed by atoms with Gasteiger partial charge in [0.05, 0.1) is 18.9 Å². The molecule has 0 spiro atoms. The molecule has 7 heteroatoms. The molecule has 0 amide bonds. The molecule has 0 bridgehead atoms. The van der Waals surface area contributed by atoms with E-state index >= 15 is 0 Å². The van der Waals surface area contributed by atoms with Gasteiger partial charge in [-0.15, -0.1) is 11.8 Å². The van der Waals surface area contributed by atoms with Gasteiger partial charge in [0.1, 0.15) is 5.82 Å². The zero-order valence-electron chi connectivity index (χ0n) is 11.1. The molecule has 20 heavy (non-hydrogen) atoms. The molecule has 2 aromatic rings. The molecular weight excluding hydrogens is 281 g/mol. The molecule has 0 saturated heterocycles. The summed E-state index contributed by atoms with van der Waals surface area (Å²) < 4.78 is 23.0. The number of halogens is 1. The fraction of sp³-hybridized carbons (Fsp3) is 0.385. The summed E-state index contributed by atoms with van der Waals surface area (Å²) >= 11 is 1.47. The van der Waals surface area contributed by atoms with Crippen molar-refractivity contribution < 1.29 is 13.7 Å². The van der Waals surface area contributed by atoms with Gasteiger partial charge in [0.25, 0.3) is 0 Å². The average molecular weight is 297 g/mol. The highest BCUT2D eigenvalue weighted by Gasteiger charge is 2.06. The molecule has 0 saturated carbocycles. The second kappa shape index (κ2) is 7.98. The number of hydrogen-bond acceptors (Lipinski definition) is 6. The summed E-state index contributed by atoms with van der Waals surface area (Å²) in [5, 5.41) is 7.00. The topological polar surface area (TPSA) is 60.2 Å². The Morgan fingerprint density at radius 1 is 1.45 bits per heavy atom. The third kappa shape index (κ3) is 4.92. The van der Waals surface area contributed by atoms with Gasteiger partial charge in [0.2, 0.25) is 5.89 Å². The second-order valence-electron chi connectivity index (χ2n) is 4.02. The Hall–Kier alpha value is -1.44. The Morgan fingerprint density at radius 2 is 2.35 bits per heavy atom. The predicted molar refractivity (Wildman–Crippen MR) is 73.8 cm³/mol. The molecule has 0 aliphatic carbocycles. The van der Waals surface area contributed by atoms with Crippen LogP contribution in [0.15, 0.2) is 33.7 Å². The minimum Gasteiger partial charge on any atom is -0.383 e. The molecule has 1 aromatic heterocycles. The van der Waals surface area contributed by atoms with Crippen molar-refractivity contribution in [1.29, 1.82) is 0 Å². The van der Waals surface area contributed by atoms with Crippen molar-refractivity contribution in [3.8, 4) is 0 Å². The molecule has 1 aromatic carbocycles. The number of benzene rings is 1. The molecule has 1 heterocycles. The fourth-order valence-electron chi connectivity index (χ4n) is 1.49. The number of methoxy groups -OCH3 is 1. The highest BCUT2D eigenvalue weighted by molar-refractivity contribution is 7.98. The number of thioether (sulfide) groups is 1. The highest BCUT2D eigenvalue weighted by Crippen LogP contribution is 2.21. The average Bonchev–Trinajstić information content (AvgIpc) is 2.89. The number of ether oxygens (including phenoxy) is 1. The van der Waals surface area contributed by atoms with Crippen molar-refractivity contribution in [1.82, 2.24) is 15.5 Å². The molecule has 0 atom stereocenters. The first-order valence-corrected chi connectivity index (χ1v) is 7.16. The Bertz CT molecular complexity index is 536. The zero-order chi connectivity index (χ0) is 14.2. The van der Waals surface area contributed by atoms with Crippen LogP contribution in [0.3, 0.4) is 0 Å². The van der Waals surface area contributed by atoms with Gasteiger partial charge in [0.15, 0.2) is 5.82 Å². The summed E-state index contributed by atoms with van der Waals surface area (Å²) in [4.78, 5) is 5.09. The van der Waals surface area contributed by atoms with Gasteiger partial charge in [-0.3, -0.25) is 0 Å². The summed E-state index contributed by atoms with van der Waals surface area (Å²) in [6, 6.07) is 6.43. The lowest BCUT2D eigenvalue weighted by molar-refractivity contribution is 0.197. The van der Waals surface area contributed by atoms with Crippen LogP contribution in [0.2, 0.25) is 0 Å². The minimum absolute atomic E-state index is 0.244. The van der Waals surface area contributed by atoms with E-state index in [-0.39, 0.29) is 5.82 Å². The maximum atomic E-state index is 13.0. The zero-order valence-corrected chi connectivity index (χ0v) is 12.0. The van der Waals surface area contributed by atoms with Gasteiger partial charge in [0, 0.05) is 18.6 Å². The van der Waals surface area contributed by atoms with E-state index in [1.54, 1.807) is 13.2 Å². The molecule has 5 nitrogen and oxygen atoms in total. The molecule has 0 radical (unpaired) electrons. The first-order valence-electron chi connectivity index (χ1n) is 6.17. The van der Waals surface area contributed by atoms with E-state index in [9.17, 15) is 4.39 Å². The maximum absolute atomic E-state index is 13.0. The molecule has 0 aliphatic rings. The van der Waals surface area contributed by atoms with E-state index in [4.69, 9.17) is 9.26 Å². The van der Waals surface area contributed by atoms with Gasteiger partial charge < -0.3 is 14.6 Å². The molecule has 108 valence electrons. The van der Waals surface area contributed by atoms with E-state index < -0.39 is 0 Å². The van der Waals surface area contributed by atoms with E-state index in [1.165, 1.54) is 23.9 Å². The van der Waals surface area contributed by atoms with Crippen LogP contribution in [0, 0.1) is 5.82 Å². The molecule has 0 aliphatic heterocycles. The summed E-state index contributed by atoms with van der Waals surface area (Å²) in [6.07, 6.45) is 0. The lowest BCUT2D eigenvalue weighted by Gasteiger charge is -1.99. The Balaban J connectivity index is 1.78. The van der Waals surface area contributed by atoms with Crippen molar-refractivity contribution in [2.45, 2.75) is 17.2 Å². The van der Waals surface area contributed by atoms with E-state index in [1.807, 2.05) is 6.07 Å². The number of aromatic nitrogens is 2. The normalized spacial score (nSPS) is 10.9. The maximum Gasteiger partial charge on any atom is 0.240 e. The van der Waals surface area contributed by atoms with Gasteiger partial charge in [-0.05, 0) is 18.2 Å². The molecule has 0 unspecified atom stereocenters. The van der Waals surface area contributed by atoms with Crippen molar-refractivity contribution >= 4 is 11.8 Å². The number of hydrogen-bond donors (Lipinski definition) is 1. The van der Waals surface area contributed by atoms with Crippen molar-refractivity contribution in [2.75, 3.05) is 20.3 Å². The first kappa shape index (κ1) is 15.0. The van der Waals surface area contributed by atoms with Crippen LogP contribution < -0.4 is 5.32 Å². The van der Waals surface area contributed by atoms with Crippen LogP contribution >= 0.6 is 11.8 Å². The SMILES string of the molecule is COCCNCc1nc(CSc2cccc(F)c2)no1. The van der Waals surface area contributed by atoms with Crippen LogP contribution in [0.5, 0.6) is 0 Å². The lowest BCUT2D eigenvalue weighted by Crippen LogP contribution is -2.18. The van der Waals surface area contributed by atoms with Crippen LogP contribution in [0.1, 0.15) is 11.7 Å². The number of nitrogens with one attached hydrogen (secondary N) is 1. The van der Waals surface area contributed by atoms with Crippen molar-refractivity contribution in [3.05, 3.63) is 41.8 Å². The van der Waals surface area contributed by atoms with E-state index in [0.717, 1.165) is 11.4 Å². The van der Waals surface area contributed by atoms with E-state index in [0.29, 0.717) is 30.6 Å². The third-order valence-electron chi connectivity index (χ3n) is 2.43. The lowest BCUT2D eigenvalue weighted by atomic mass is 10.4. The monoisotopic (exact) mass is 297 g/mol. The van der Waals surface area contributed by atoms with Gasteiger partial charge in [-0.1, -0.05) is 11.2 Å². The van der Waals surface area contributed by atoms with Gasteiger partial charge in [-0.2, -0.15) is 4.98 Å². The first-order chi connectivity index (χ1) is 9.78. The van der Waals surface area contributed by atoms with Crippen LogP contribution in [-0.4, -0.2) is 30.4 Å². The molecule has 1 N–H and O–H groups in total. The summed E-state index contributed by atoms with van der Waals surface area (Å²) in [6.45, 7) is 1.88. The molecule has 0 fully saturated rings. The van der Waals surface area contributed by atoms with Crippen LogP contribution in [0.4, 0.5) is 4.39 Å². The van der Waals surface area contributed by atoms with Crippen LogP contribution in [0.25, 0.3) is 0 Å². The second-order valence-corrected chi connectivity index (χ2v) is 5.07. The largest absolute Gasteiger partial charge is 0.383 e. The van der Waals surface area contributed by atoms with Crippen molar-refractivity contribution in [3.63, 3.8) is 0 Å². The number of rotatable bonds is 8. The Kier molecular flexibility index (Phi) is 5.97. The summed E-state index contributed by atoms with van der Waals surface area (Å²) in [7, 11) is 1.65. The smallest absolute Gasteiger partial charge is 0.240 e. The highest BCUT2D eigenvalue weighted by atomic mass is 32.2. The minimum atomic E-state index is -0.244. The predicted octanol–water partition coefficient (Wildman–Crippen LogP) is 2.24.